The van der Waals surface area contributed by atoms with Gasteiger partial charge in [0.15, 0.2) is 5.69 Å². The number of nitrogens with one attached hydrogen (secondary N) is 1. The Morgan fingerprint density at radius 1 is 1.27 bits per heavy atom. The summed E-state index contributed by atoms with van der Waals surface area (Å²) in [6.07, 6.45) is -3.44. The summed E-state index contributed by atoms with van der Waals surface area (Å²) in [6.45, 7) is 0. The van der Waals surface area contributed by atoms with Gasteiger partial charge in [0.25, 0.3) is 5.56 Å². The zero-order valence-electron chi connectivity index (χ0n) is 11.1. The summed E-state index contributed by atoms with van der Waals surface area (Å²) in [5.74, 6) is -0.298. The predicted molar refractivity (Wildman–Crippen MR) is 71.2 cm³/mol. The van der Waals surface area contributed by atoms with Crippen LogP contribution in [0.4, 0.5) is 13.2 Å². The van der Waals surface area contributed by atoms with Crippen molar-refractivity contribution in [1.29, 1.82) is 0 Å². The molecule has 0 aliphatic heterocycles. The van der Waals surface area contributed by atoms with Crippen LogP contribution in [-0.4, -0.2) is 24.9 Å². The average Bonchev–Trinajstić information content (AvgIpc) is 2.82. The normalized spacial score (nSPS) is 12.0. The van der Waals surface area contributed by atoms with Crippen LogP contribution in [0, 0.1) is 0 Å². The number of aromatic amines is 1. The van der Waals surface area contributed by atoms with Gasteiger partial charge in [0.05, 0.1) is 17.4 Å². The highest BCUT2D eigenvalue weighted by molar-refractivity contribution is 5.88. The maximum atomic E-state index is 12.7. The number of aromatic hydroxyl groups is 1. The smallest absolute Gasteiger partial charge is 0.435 e. The fraction of sp³-hybridized carbons (Fsp3) is 0.154. The maximum absolute atomic E-state index is 12.7. The molecule has 1 aromatic carbocycles. The Kier molecular flexibility index (Phi) is 2.94. The van der Waals surface area contributed by atoms with Crippen molar-refractivity contribution in [2.45, 2.75) is 6.18 Å². The number of H-pyrrole nitrogens is 1. The molecule has 3 rings (SSSR count). The highest BCUT2D eigenvalue weighted by Gasteiger charge is 2.34. The molecule has 0 fully saturated rings. The SMILES string of the molecule is Cn1nc(C(F)(F)F)cc1-c1cc(O)c2nc[nH]c(=O)c2c1. The van der Waals surface area contributed by atoms with Gasteiger partial charge in [0, 0.05) is 12.6 Å². The molecule has 0 amide bonds. The molecule has 0 spiro atoms. The molecule has 0 bridgehead atoms. The first-order valence-electron chi connectivity index (χ1n) is 6.09. The number of hydrogen-bond acceptors (Lipinski definition) is 4. The summed E-state index contributed by atoms with van der Waals surface area (Å²) in [6, 6.07) is 3.45. The van der Waals surface area contributed by atoms with Crippen LogP contribution in [0.25, 0.3) is 22.2 Å². The van der Waals surface area contributed by atoms with E-state index in [1.165, 1.54) is 19.2 Å². The highest BCUT2D eigenvalue weighted by atomic mass is 19.4. The van der Waals surface area contributed by atoms with E-state index in [0.717, 1.165) is 17.1 Å². The molecular weight excluding hydrogens is 301 g/mol. The van der Waals surface area contributed by atoms with Crippen molar-refractivity contribution in [2.24, 2.45) is 7.05 Å². The molecule has 0 saturated heterocycles. The quantitative estimate of drug-likeness (QED) is 0.720. The molecule has 0 radical (unpaired) electrons. The second-order valence-electron chi connectivity index (χ2n) is 4.66. The van der Waals surface area contributed by atoms with Gasteiger partial charge in [-0.25, -0.2) is 4.98 Å². The van der Waals surface area contributed by atoms with Crippen molar-refractivity contribution in [2.75, 3.05) is 0 Å². The third-order valence-corrected chi connectivity index (χ3v) is 3.19. The molecular formula is C13H9F3N4O2. The average molecular weight is 310 g/mol. The van der Waals surface area contributed by atoms with Crippen LogP contribution >= 0.6 is 0 Å². The molecule has 0 aliphatic rings. The minimum atomic E-state index is -4.58. The van der Waals surface area contributed by atoms with E-state index < -0.39 is 17.4 Å². The fourth-order valence-electron chi connectivity index (χ4n) is 2.18. The number of rotatable bonds is 1. The van der Waals surface area contributed by atoms with E-state index in [2.05, 4.69) is 15.1 Å². The third-order valence-electron chi connectivity index (χ3n) is 3.19. The van der Waals surface area contributed by atoms with Gasteiger partial charge in [-0.2, -0.15) is 18.3 Å². The number of phenolic OH excluding ortho intramolecular Hbond substituents is 1. The summed E-state index contributed by atoms with van der Waals surface area (Å²) in [7, 11) is 1.35. The molecule has 0 saturated carbocycles. The first-order chi connectivity index (χ1) is 10.3. The standard InChI is InChI=1S/C13H9F3N4O2/c1-20-8(4-10(19-20)13(14,15)16)6-2-7-11(9(21)3-6)17-5-18-12(7)22/h2-5,21H,1H3,(H,17,18,22). The summed E-state index contributed by atoms with van der Waals surface area (Å²) in [5, 5.41) is 13.4. The summed E-state index contributed by atoms with van der Waals surface area (Å²) in [5.41, 5.74) is -1.13. The van der Waals surface area contributed by atoms with E-state index in [9.17, 15) is 23.1 Å². The van der Waals surface area contributed by atoms with Gasteiger partial charge < -0.3 is 10.1 Å². The summed E-state index contributed by atoms with van der Waals surface area (Å²) in [4.78, 5) is 17.9. The Hall–Kier alpha value is -2.84. The Morgan fingerprint density at radius 3 is 2.64 bits per heavy atom. The molecule has 22 heavy (non-hydrogen) atoms. The molecule has 114 valence electrons. The molecule has 2 N–H and O–H groups in total. The number of phenols is 1. The van der Waals surface area contributed by atoms with Crippen LogP contribution in [0.3, 0.4) is 0 Å². The van der Waals surface area contributed by atoms with Gasteiger partial charge in [0.2, 0.25) is 0 Å². The van der Waals surface area contributed by atoms with Crippen LogP contribution in [0.5, 0.6) is 5.75 Å². The summed E-state index contributed by atoms with van der Waals surface area (Å²) >= 11 is 0. The van der Waals surface area contributed by atoms with E-state index in [4.69, 9.17) is 0 Å². The summed E-state index contributed by atoms with van der Waals surface area (Å²) < 4.78 is 39.1. The number of aryl methyl sites for hydroxylation is 1. The highest BCUT2D eigenvalue weighted by Crippen LogP contribution is 2.33. The van der Waals surface area contributed by atoms with Gasteiger partial charge >= 0.3 is 6.18 Å². The molecule has 3 aromatic rings. The molecule has 2 heterocycles. The Morgan fingerprint density at radius 2 is 2.00 bits per heavy atom. The Balaban J connectivity index is 2.25. The van der Waals surface area contributed by atoms with Gasteiger partial charge in [-0.1, -0.05) is 0 Å². The van der Waals surface area contributed by atoms with Crippen molar-refractivity contribution < 1.29 is 18.3 Å². The number of halogens is 3. The lowest BCUT2D eigenvalue weighted by atomic mass is 10.1. The lowest BCUT2D eigenvalue weighted by molar-refractivity contribution is -0.141. The van der Waals surface area contributed by atoms with Crippen LogP contribution in [0.15, 0.2) is 29.3 Å². The van der Waals surface area contributed by atoms with Crippen molar-refractivity contribution in [3.8, 4) is 17.0 Å². The number of nitrogens with zero attached hydrogens (tertiary/aromatic N) is 3. The van der Waals surface area contributed by atoms with Gasteiger partial charge in [-0.15, -0.1) is 0 Å². The molecule has 0 atom stereocenters. The molecule has 0 unspecified atom stereocenters. The lowest BCUT2D eigenvalue weighted by Gasteiger charge is -2.05. The number of aromatic nitrogens is 4. The minimum Gasteiger partial charge on any atom is -0.506 e. The predicted octanol–water partition coefficient (Wildman–Crippen LogP) is 2.05. The Bertz CT molecular complexity index is 927. The largest absolute Gasteiger partial charge is 0.506 e. The maximum Gasteiger partial charge on any atom is 0.435 e. The molecule has 6 nitrogen and oxygen atoms in total. The first kappa shape index (κ1) is 14.1. The number of hydrogen-bond donors (Lipinski definition) is 2. The van der Waals surface area contributed by atoms with E-state index in [0.29, 0.717) is 0 Å². The van der Waals surface area contributed by atoms with Crippen molar-refractivity contribution >= 4 is 10.9 Å². The van der Waals surface area contributed by atoms with Crippen LogP contribution in [0.2, 0.25) is 0 Å². The van der Waals surface area contributed by atoms with E-state index >= 15 is 0 Å². The van der Waals surface area contributed by atoms with Gasteiger partial charge in [-0.3, -0.25) is 9.48 Å². The number of fused-ring (bicyclic) bond motifs is 1. The van der Waals surface area contributed by atoms with Crippen LogP contribution in [0.1, 0.15) is 5.69 Å². The Labute approximate surface area is 120 Å². The second-order valence-corrected chi connectivity index (χ2v) is 4.66. The first-order valence-corrected chi connectivity index (χ1v) is 6.09. The lowest BCUT2D eigenvalue weighted by Crippen LogP contribution is -2.07. The third kappa shape index (κ3) is 2.20. The zero-order chi connectivity index (χ0) is 16.1. The topological polar surface area (TPSA) is 83.8 Å². The van der Waals surface area contributed by atoms with Crippen molar-refractivity contribution in [3.05, 3.63) is 40.6 Å². The van der Waals surface area contributed by atoms with Crippen molar-refractivity contribution in [3.63, 3.8) is 0 Å². The van der Waals surface area contributed by atoms with Gasteiger partial charge in [-0.05, 0) is 18.2 Å². The van der Waals surface area contributed by atoms with E-state index in [-0.39, 0.29) is 27.9 Å². The monoisotopic (exact) mass is 310 g/mol. The molecule has 9 heteroatoms. The zero-order valence-corrected chi connectivity index (χ0v) is 11.1. The minimum absolute atomic E-state index is 0.0747. The van der Waals surface area contributed by atoms with Crippen molar-refractivity contribution in [1.82, 2.24) is 19.7 Å². The van der Waals surface area contributed by atoms with Crippen LogP contribution < -0.4 is 5.56 Å². The fourth-order valence-corrected chi connectivity index (χ4v) is 2.18. The molecule has 0 aliphatic carbocycles. The number of alkyl halides is 3. The van der Waals surface area contributed by atoms with Crippen LogP contribution in [-0.2, 0) is 13.2 Å². The van der Waals surface area contributed by atoms with Gasteiger partial charge in [0.1, 0.15) is 11.3 Å². The van der Waals surface area contributed by atoms with E-state index in [1.54, 1.807) is 0 Å². The second kappa shape index (κ2) is 4.58. The molecule has 2 aromatic heterocycles. The van der Waals surface area contributed by atoms with E-state index in [1.807, 2.05) is 0 Å². The number of benzene rings is 1.